The van der Waals surface area contributed by atoms with Gasteiger partial charge in [0.15, 0.2) is 5.69 Å². The molecule has 2 atom stereocenters. The number of hydrogen-bond acceptors (Lipinski definition) is 4. The number of thiazole rings is 1. The molecule has 1 amide bonds. The number of halogens is 4. The molecule has 2 saturated carbocycles. The number of fused-ring (bicyclic) bond motifs is 2. The van der Waals surface area contributed by atoms with Crippen LogP contribution in [0.4, 0.5) is 13.2 Å². The van der Waals surface area contributed by atoms with Crippen molar-refractivity contribution in [1.29, 1.82) is 0 Å². The molecule has 9 heteroatoms. The highest BCUT2D eigenvalue weighted by Crippen LogP contribution is 2.42. The Morgan fingerprint density at radius 3 is 2.35 bits per heavy atom. The Bertz CT molecular complexity index is 635. The maximum absolute atomic E-state index is 12.8. The fourth-order valence-electron chi connectivity index (χ4n) is 4.16. The molecule has 1 heterocycles. The highest BCUT2D eigenvalue weighted by molar-refractivity contribution is 7.09. The Balaban J connectivity index is 0.00000243. The first kappa shape index (κ1) is 21.4. The van der Waals surface area contributed by atoms with E-state index in [0.29, 0.717) is 11.8 Å². The van der Waals surface area contributed by atoms with Gasteiger partial charge in [-0.1, -0.05) is 6.42 Å². The number of amides is 1. The third kappa shape index (κ3) is 4.34. The Morgan fingerprint density at radius 1 is 1.27 bits per heavy atom. The van der Waals surface area contributed by atoms with Crippen molar-refractivity contribution in [3.8, 4) is 0 Å². The van der Waals surface area contributed by atoms with E-state index in [1.54, 1.807) is 13.8 Å². The molecule has 0 radical (unpaired) electrons. The summed E-state index contributed by atoms with van der Waals surface area (Å²) in [4.78, 5) is 16.4. The summed E-state index contributed by atoms with van der Waals surface area (Å²) in [5.74, 6) is 0.542. The zero-order valence-electron chi connectivity index (χ0n) is 14.8. The van der Waals surface area contributed by atoms with E-state index in [2.05, 4.69) is 10.3 Å². The molecule has 4 nitrogen and oxygen atoms in total. The number of nitrogens with one attached hydrogen (secondary N) is 1. The van der Waals surface area contributed by atoms with Crippen LogP contribution in [0.2, 0.25) is 0 Å². The number of rotatable bonds is 3. The van der Waals surface area contributed by atoms with Gasteiger partial charge in [-0.05, 0) is 51.4 Å². The van der Waals surface area contributed by atoms with Crippen LogP contribution in [0, 0.1) is 17.8 Å². The van der Waals surface area contributed by atoms with E-state index in [-0.39, 0.29) is 35.3 Å². The predicted molar refractivity (Wildman–Crippen MR) is 97.1 cm³/mol. The van der Waals surface area contributed by atoms with E-state index in [0.717, 1.165) is 42.4 Å². The number of nitrogens with zero attached hydrogens (tertiary/aromatic N) is 1. The average molecular weight is 412 g/mol. The molecule has 3 rings (SSSR count). The van der Waals surface area contributed by atoms with E-state index in [1.807, 2.05) is 0 Å². The third-order valence-corrected chi connectivity index (χ3v) is 6.71. The first-order valence-corrected chi connectivity index (χ1v) is 9.56. The molecule has 2 bridgehead atoms. The zero-order chi connectivity index (χ0) is 18.4. The minimum atomic E-state index is -4.47. The molecule has 0 aliphatic heterocycles. The molecule has 1 aromatic heterocycles. The van der Waals surface area contributed by atoms with E-state index in [4.69, 9.17) is 5.73 Å². The highest BCUT2D eigenvalue weighted by atomic mass is 35.5. The summed E-state index contributed by atoms with van der Waals surface area (Å²) in [6.07, 6.45) is 0.364. The van der Waals surface area contributed by atoms with Crippen LogP contribution in [0.5, 0.6) is 0 Å². The number of alkyl halides is 3. The van der Waals surface area contributed by atoms with Crippen LogP contribution >= 0.6 is 23.7 Å². The van der Waals surface area contributed by atoms with Crippen molar-refractivity contribution in [2.45, 2.75) is 63.7 Å². The van der Waals surface area contributed by atoms with E-state index in [1.165, 1.54) is 6.42 Å². The fourth-order valence-corrected chi connectivity index (χ4v) is 5.06. The van der Waals surface area contributed by atoms with E-state index >= 15 is 0 Å². The second-order valence-corrected chi connectivity index (χ2v) is 8.70. The van der Waals surface area contributed by atoms with Gasteiger partial charge >= 0.3 is 6.18 Å². The first-order chi connectivity index (χ1) is 11.6. The largest absolute Gasteiger partial charge is 0.434 e. The van der Waals surface area contributed by atoms with Crippen molar-refractivity contribution in [1.82, 2.24) is 10.3 Å². The summed E-state index contributed by atoms with van der Waals surface area (Å²) in [5, 5.41) is 4.17. The number of carbonyl (C=O) groups excluding carboxylic acids is 1. The molecule has 3 N–H and O–H groups in total. The minimum absolute atomic E-state index is 0. The standard InChI is InChI=1S/C17H24F3N3OS.ClH/c1-16(2,15-22-12(8-25-15)17(18,19)20)23-14(24)11-6-9-4-3-5-10(7-11)13(9)21;/h8-11,13H,3-7,21H2,1-2H3,(H,23,24);1H. The van der Waals surface area contributed by atoms with Crippen molar-refractivity contribution in [2.75, 3.05) is 0 Å². The number of carbonyl (C=O) groups is 1. The van der Waals surface area contributed by atoms with E-state index < -0.39 is 17.4 Å². The summed E-state index contributed by atoms with van der Waals surface area (Å²) in [5.41, 5.74) is 4.42. The van der Waals surface area contributed by atoms with Gasteiger partial charge in [0.25, 0.3) is 0 Å². The lowest BCUT2D eigenvalue weighted by Gasteiger charge is -2.44. The average Bonchev–Trinajstić information content (AvgIpc) is 2.97. The van der Waals surface area contributed by atoms with Crippen molar-refractivity contribution < 1.29 is 18.0 Å². The van der Waals surface area contributed by atoms with Crippen LogP contribution in [0.15, 0.2) is 5.38 Å². The number of hydrogen-bond donors (Lipinski definition) is 2. The van der Waals surface area contributed by atoms with Gasteiger partial charge in [0, 0.05) is 17.3 Å². The molecule has 2 fully saturated rings. The van der Waals surface area contributed by atoms with Crippen molar-refractivity contribution in [3.05, 3.63) is 16.1 Å². The zero-order valence-corrected chi connectivity index (χ0v) is 16.4. The van der Waals surface area contributed by atoms with Crippen LogP contribution in [-0.4, -0.2) is 16.9 Å². The summed E-state index contributed by atoms with van der Waals surface area (Å²) in [7, 11) is 0. The summed E-state index contributed by atoms with van der Waals surface area (Å²) < 4.78 is 38.3. The summed E-state index contributed by atoms with van der Waals surface area (Å²) >= 11 is 0.923. The van der Waals surface area contributed by atoms with Crippen LogP contribution in [0.1, 0.15) is 56.7 Å². The van der Waals surface area contributed by atoms with Crippen LogP contribution in [0.3, 0.4) is 0 Å². The third-order valence-electron chi connectivity index (χ3n) is 5.55. The van der Waals surface area contributed by atoms with Crippen molar-refractivity contribution in [2.24, 2.45) is 23.5 Å². The van der Waals surface area contributed by atoms with E-state index in [9.17, 15) is 18.0 Å². The van der Waals surface area contributed by atoms with Gasteiger partial charge in [-0.2, -0.15) is 13.2 Å². The first-order valence-electron chi connectivity index (χ1n) is 8.68. The summed E-state index contributed by atoms with van der Waals surface area (Å²) in [6.45, 7) is 3.39. The molecule has 2 aliphatic rings. The lowest BCUT2D eigenvalue weighted by molar-refractivity contribution is -0.140. The molecule has 0 aromatic carbocycles. The predicted octanol–water partition coefficient (Wildman–Crippen LogP) is 4.09. The normalized spacial score (nSPS) is 29.0. The minimum Gasteiger partial charge on any atom is -0.344 e. The van der Waals surface area contributed by atoms with Gasteiger partial charge in [0.05, 0.1) is 5.54 Å². The topological polar surface area (TPSA) is 68.0 Å². The van der Waals surface area contributed by atoms with Gasteiger partial charge in [-0.25, -0.2) is 4.98 Å². The van der Waals surface area contributed by atoms with Crippen molar-refractivity contribution >= 4 is 29.7 Å². The van der Waals surface area contributed by atoms with Gasteiger partial charge in [0.1, 0.15) is 5.01 Å². The molecule has 0 saturated heterocycles. The highest BCUT2D eigenvalue weighted by Gasteiger charge is 2.42. The van der Waals surface area contributed by atoms with Crippen LogP contribution in [-0.2, 0) is 16.5 Å². The molecule has 26 heavy (non-hydrogen) atoms. The lowest BCUT2D eigenvalue weighted by Crippen LogP contribution is -2.51. The molecular weight excluding hydrogens is 387 g/mol. The molecule has 148 valence electrons. The summed E-state index contributed by atoms with van der Waals surface area (Å²) in [6, 6.07) is 0.180. The maximum Gasteiger partial charge on any atom is 0.434 e. The molecule has 2 unspecified atom stereocenters. The smallest absolute Gasteiger partial charge is 0.344 e. The Kier molecular flexibility index (Phi) is 6.30. The van der Waals surface area contributed by atoms with Gasteiger partial charge in [0.2, 0.25) is 5.91 Å². The second kappa shape index (κ2) is 7.64. The Morgan fingerprint density at radius 2 is 1.85 bits per heavy atom. The number of nitrogens with two attached hydrogens (primary N) is 1. The van der Waals surface area contributed by atoms with Crippen LogP contribution < -0.4 is 11.1 Å². The van der Waals surface area contributed by atoms with Gasteiger partial charge in [-0.15, -0.1) is 23.7 Å². The maximum atomic E-state index is 12.8. The molecule has 2 aliphatic carbocycles. The Hall–Kier alpha value is -0.860. The molecular formula is C17H25ClF3N3OS. The second-order valence-electron chi connectivity index (χ2n) is 7.85. The molecule has 0 spiro atoms. The SMILES string of the molecule is CC(C)(NC(=O)C1CC2CCCC(C1)C2N)c1nc(C(F)(F)F)cs1.Cl. The van der Waals surface area contributed by atoms with Gasteiger partial charge < -0.3 is 11.1 Å². The Labute approximate surface area is 161 Å². The molecule has 1 aromatic rings. The monoisotopic (exact) mass is 411 g/mol. The van der Waals surface area contributed by atoms with Crippen molar-refractivity contribution in [3.63, 3.8) is 0 Å². The van der Waals surface area contributed by atoms with Crippen LogP contribution in [0.25, 0.3) is 0 Å². The quantitative estimate of drug-likeness (QED) is 0.787. The number of aromatic nitrogens is 1. The van der Waals surface area contributed by atoms with Gasteiger partial charge in [-0.3, -0.25) is 4.79 Å². The fraction of sp³-hybridized carbons (Fsp3) is 0.765. The lowest BCUT2D eigenvalue weighted by atomic mass is 9.65.